The lowest BCUT2D eigenvalue weighted by molar-refractivity contribution is 0.177. The van der Waals surface area contributed by atoms with Crippen LogP contribution in [0.1, 0.15) is 17.2 Å². The van der Waals surface area contributed by atoms with Gasteiger partial charge in [0.2, 0.25) is 0 Å². The molecule has 2 rings (SSSR count). The summed E-state index contributed by atoms with van der Waals surface area (Å²) in [5, 5.41) is 12.2. The molecule has 1 saturated heterocycles. The molecule has 1 heterocycles. The van der Waals surface area contributed by atoms with Crippen LogP contribution in [0.4, 0.5) is 9.18 Å². The van der Waals surface area contributed by atoms with Crippen molar-refractivity contribution in [3.8, 4) is 5.75 Å². The molecular weight excluding hydrogens is 237 g/mol. The Hall–Kier alpha value is -1.49. The average Bonchev–Trinajstić information content (AvgIpc) is 2.58. The molecule has 0 aromatic heterocycles. The molecule has 1 amide bonds. The lowest BCUT2D eigenvalue weighted by Gasteiger charge is -2.11. The number of carbonyl (C=O) groups is 1. The van der Waals surface area contributed by atoms with Gasteiger partial charge in [0.05, 0.1) is 6.04 Å². The number of phenols is 1. The third-order valence-corrected chi connectivity index (χ3v) is 2.34. The Kier molecular flexibility index (Phi) is 3.59. The fraction of sp³-hybridized carbons (Fsp3) is 0.300. The Morgan fingerprint density at radius 2 is 2.25 bits per heavy atom. The van der Waals surface area contributed by atoms with Crippen LogP contribution in [-0.4, -0.2) is 17.8 Å². The van der Waals surface area contributed by atoms with Gasteiger partial charge in [-0.25, -0.2) is 9.18 Å². The molecule has 0 aliphatic carbocycles. The van der Waals surface area contributed by atoms with Gasteiger partial charge < -0.3 is 15.2 Å². The standard InChI is InChI=1S/C10H10FNO3.ClH/c1-5-2-6(11)3-7(9(5)13)8-4-15-10(14)12-8;/h2-3,8,13H,4H2,1H3,(H,12,14);1H/t8-;/m0./s1. The van der Waals surface area contributed by atoms with E-state index >= 15 is 0 Å². The number of amides is 1. The van der Waals surface area contributed by atoms with Crippen LogP contribution in [0, 0.1) is 12.7 Å². The fourth-order valence-corrected chi connectivity index (χ4v) is 1.58. The Labute approximate surface area is 97.8 Å². The van der Waals surface area contributed by atoms with Crippen LogP contribution in [-0.2, 0) is 4.74 Å². The van der Waals surface area contributed by atoms with Crippen LogP contribution in [0.5, 0.6) is 5.75 Å². The maximum atomic E-state index is 13.1. The molecule has 1 fully saturated rings. The van der Waals surface area contributed by atoms with Crippen molar-refractivity contribution < 1.29 is 19.0 Å². The molecule has 1 aromatic carbocycles. The van der Waals surface area contributed by atoms with Crippen LogP contribution in [0.3, 0.4) is 0 Å². The number of ether oxygens (including phenoxy) is 1. The minimum absolute atomic E-state index is 0. The number of benzene rings is 1. The summed E-state index contributed by atoms with van der Waals surface area (Å²) in [6.45, 7) is 1.70. The summed E-state index contributed by atoms with van der Waals surface area (Å²) in [5.41, 5.74) is 0.782. The fourth-order valence-electron chi connectivity index (χ4n) is 1.58. The van der Waals surface area contributed by atoms with Gasteiger partial charge in [0, 0.05) is 5.56 Å². The number of halogens is 2. The Bertz CT molecular complexity index is 425. The molecule has 0 unspecified atom stereocenters. The number of rotatable bonds is 1. The van der Waals surface area contributed by atoms with Gasteiger partial charge in [0.15, 0.2) is 0 Å². The molecule has 0 spiro atoms. The molecule has 1 aliphatic rings. The molecule has 1 atom stereocenters. The minimum atomic E-state index is -0.554. The van der Waals surface area contributed by atoms with Gasteiger partial charge in [0.1, 0.15) is 18.2 Å². The summed E-state index contributed by atoms with van der Waals surface area (Å²) in [7, 11) is 0. The summed E-state index contributed by atoms with van der Waals surface area (Å²) in [6.07, 6.45) is -0.554. The Morgan fingerprint density at radius 1 is 1.56 bits per heavy atom. The van der Waals surface area contributed by atoms with Gasteiger partial charge in [-0.1, -0.05) is 0 Å². The van der Waals surface area contributed by atoms with Gasteiger partial charge in [-0.3, -0.25) is 0 Å². The van der Waals surface area contributed by atoms with Crippen LogP contribution in [0.25, 0.3) is 0 Å². The first-order valence-electron chi connectivity index (χ1n) is 4.50. The number of carbonyl (C=O) groups excluding carboxylic acids is 1. The maximum absolute atomic E-state index is 13.1. The summed E-state index contributed by atoms with van der Waals surface area (Å²) < 4.78 is 17.8. The summed E-state index contributed by atoms with van der Waals surface area (Å²) >= 11 is 0. The third kappa shape index (κ3) is 2.19. The van der Waals surface area contributed by atoms with E-state index in [0.717, 1.165) is 0 Å². The third-order valence-electron chi connectivity index (χ3n) is 2.34. The number of aryl methyl sites for hydroxylation is 1. The number of cyclic esters (lactones) is 1. The number of hydrogen-bond acceptors (Lipinski definition) is 3. The van der Waals surface area contributed by atoms with Crippen molar-refractivity contribution in [3.63, 3.8) is 0 Å². The number of hydrogen-bond donors (Lipinski definition) is 2. The average molecular weight is 248 g/mol. The van der Waals surface area contributed by atoms with Gasteiger partial charge in [-0.2, -0.15) is 0 Å². The first-order chi connectivity index (χ1) is 7.08. The van der Waals surface area contributed by atoms with E-state index in [1.165, 1.54) is 12.1 Å². The lowest BCUT2D eigenvalue weighted by Crippen LogP contribution is -2.18. The highest BCUT2D eigenvalue weighted by atomic mass is 35.5. The monoisotopic (exact) mass is 247 g/mol. The molecule has 0 radical (unpaired) electrons. The topological polar surface area (TPSA) is 58.6 Å². The zero-order chi connectivity index (χ0) is 11.0. The van der Waals surface area contributed by atoms with Crippen molar-refractivity contribution in [2.45, 2.75) is 13.0 Å². The van der Waals surface area contributed by atoms with Crippen molar-refractivity contribution in [2.75, 3.05) is 6.61 Å². The largest absolute Gasteiger partial charge is 0.507 e. The predicted octanol–water partition coefficient (Wildman–Crippen LogP) is 2.04. The number of aromatic hydroxyl groups is 1. The molecule has 0 saturated carbocycles. The lowest BCUT2D eigenvalue weighted by atomic mass is 10.0. The quantitative estimate of drug-likeness (QED) is 0.799. The van der Waals surface area contributed by atoms with Crippen LogP contribution in [0.2, 0.25) is 0 Å². The van der Waals surface area contributed by atoms with Crippen LogP contribution < -0.4 is 5.32 Å². The Balaban J connectivity index is 0.00000128. The molecule has 6 heteroatoms. The van der Waals surface area contributed by atoms with Crippen molar-refractivity contribution >= 4 is 18.5 Å². The number of nitrogens with one attached hydrogen (secondary N) is 1. The van der Waals surface area contributed by atoms with Crippen molar-refractivity contribution in [1.82, 2.24) is 5.32 Å². The van der Waals surface area contributed by atoms with E-state index in [4.69, 9.17) is 0 Å². The van der Waals surface area contributed by atoms with Crippen molar-refractivity contribution in [2.24, 2.45) is 0 Å². The molecule has 4 nitrogen and oxygen atoms in total. The van der Waals surface area contributed by atoms with Crippen LogP contribution >= 0.6 is 12.4 Å². The maximum Gasteiger partial charge on any atom is 0.407 e. The normalized spacial score (nSPS) is 18.6. The number of phenolic OH excluding ortho intramolecular Hbond substituents is 1. The first kappa shape index (κ1) is 12.6. The zero-order valence-electron chi connectivity index (χ0n) is 8.49. The van der Waals surface area contributed by atoms with E-state index in [1.807, 2.05) is 0 Å². The second-order valence-electron chi connectivity index (χ2n) is 3.46. The zero-order valence-corrected chi connectivity index (χ0v) is 9.31. The summed E-state index contributed by atoms with van der Waals surface area (Å²) in [5.74, 6) is -0.450. The summed E-state index contributed by atoms with van der Waals surface area (Å²) in [4.78, 5) is 10.8. The molecule has 1 aromatic rings. The number of alkyl carbamates (subject to hydrolysis) is 1. The minimum Gasteiger partial charge on any atom is -0.507 e. The SMILES string of the molecule is Cc1cc(F)cc([C@@H]2COC(=O)N2)c1O.Cl. The highest BCUT2D eigenvalue weighted by molar-refractivity contribution is 5.85. The predicted molar refractivity (Wildman–Crippen MR) is 57.3 cm³/mol. The molecule has 2 N–H and O–H groups in total. The van der Waals surface area contributed by atoms with Crippen molar-refractivity contribution in [1.29, 1.82) is 0 Å². The van der Waals surface area contributed by atoms with E-state index in [1.54, 1.807) is 6.92 Å². The molecule has 0 bridgehead atoms. The van der Waals surface area contributed by atoms with E-state index in [0.29, 0.717) is 11.1 Å². The Morgan fingerprint density at radius 3 is 2.81 bits per heavy atom. The van der Waals surface area contributed by atoms with Gasteiger partial charge in [-0.05, 0) is 24.6 Å². The van der Waals surface area contributed by atoms with E-state index < -0.39 is 18.0 Å². The van der Waals surface area contributed by atoms with Gasteiger partial charge in [0.25, 0.3) is 0 Å². The van der Waals surface area contributed by atoms with Crippen molar-refractivity contribution in [3.05, 3.63) is 29.1 Å². The van der Waals surface area contributed by atoms with Gasteiger partial charge in [-0.15, -0.1) is 12.4 Å². The van der Waals surface area contributed by atoms with E-state index in [9.17, 15) is 14.3 Å². The second-order valence-corrected chi connectivity index (χ2v) is 3.46. The van der Waals surface area contributed by atoms with Gasteiger partial charge >= 0.3 is 6.09 Å². The van der Waals surface area contributed by atoms with E-state index in [-0.39, 0.29) is 24.8 Å². The summed E-state index contributed by atoms with van der Waals surface area (Å²) in [6, 6.07) is 1.95. The smallest absolute Gasteiger partial charge is 0.407 e. The highest BCUT2D eigenvalue weighted by Gasteiger charge is 2.27. The first-order valence-corrected chi connectivity index (χ1v) is 4.50. The second kappa shape index (κ2) is 4.57. The molecule has 88 valence electrons. The van der Waals surface area contributed by atoms with E-state index in [2.05, 4.69) is 10.1 Å². The van der Waals surface area contributed by atoms with Crippen LogP contribution in [0.15, 0.2) is 12.1 Å². The molecular formula is C10H11ClFNO3. The molecule has 16 heavy (non-hydrogen) atoms. The molecule has 1 aliphatic heterocycles. The highest BCUT2D eigenvalue weighted by Crippen LogP contribution is 2.30.